The molecule has 0 saturated carbocycles. The SMILES string of the molecule is CC=CCCCC=CC=CC=CC=CC=CCC. The zero-order valence-electron chi connectivity index (χ0n) is 11.8. The molecule has 0 aliphatic heterocycles. The van der Waals surface area contributed by atoms with Crippen LogP contribution in [0.2, 0.25) is 0 Å². The summed E-state index contributed by atoms with van der Waals surface area (Å²) in [7, 11) is 0. The van der Waals surface area contributed by atoms with Crippen molar-refractivity contribution >= 4 is 0 Å². The maximum Gasteiger partial charge on any atom is -0.0345 e. The van der Waals surface area contributed by atoms with E-state index in [0.29, 0.717) is 0 Å². The lowest BCUT2D eigenvalue weighted by atomic mass is 10.2. The molecule has 0 rings (SSSR count). The Bertz CT molecular complexity index is 322. The van der Waals surface area contributed by atoms with Crippen molar-refractivity contribution in [3.05, 3.63) is 72.9 Å². The van der Waals surface area contributed by atoms with E-state index in [4.69, 9.17) is 0 Å². The van der Waals surface area contributed by atoms with E-state index >= 15 is 0 Å². The molecule has 0 spiro atoms. The highest BCUT2D eigenvalue weighted by atomic mass is 13.8. The highest BCUT2D eigenvalue weighted by molar-refractivity contribution is 5.17. The van der Waals surface area contributed by atoms with Gasteiger partial charge in [0.15, 0.2) is 0 Å². The fourth-order valence-electron chi connectivity index (χ4n) is 1.29. The molecule has 0 aliphatic carbocycles. The van der Waals surface area contributed by atoms with Crippen LogP contribution in [-0.2, 0) is 0 Å². The Labute approximate surface area is 113 Å². The van der Waals surface area contributed by atoms with Crippen LogP contribution < -0.4 is 0 Å². The van der Waals surface area contributed by atoms with Crippen LogP contribution in [0.15, 0.2) is 72.9 Å². The third-order valence-electron chi connectivity index (χ3n) is 2.26. The van der Waals surface area contributed by atoms with Gasteiger partial charge in [0.1, 0.15) is 0 Å². The minimum Gasteiger partial charge on any atom is -0.0917 e. The van der Waals surface area contributed by atoms with Gasteiger partial charge in [-0.1, -0.05) is 79.8 Å². The van der Waals surface area contributed by atoms with Crippen molar-refractivity contribution in [2.45, 2.75) is 39.5 Å². The van der Waals surface area contributed by atoms with Crippen LogP contribution in [0.1, 0.15) is 39.5 Å². The molecule has 0 bridgehead atoms. The molecule has 0 fully saturated rings. The molecule has 0 nitrogen and oxygen atoms in total. The van der Waals surface area contributed by atoms with E-state index in [1.54, 1.807) is 0 Å². The molecule has 0 aromatic carbocycles. The van der Waals surface area contributed by atoms with Crippen LogP contribution in [0.3, 0.4) is 0 Å². The van der Waals surface area contributed by atoms with E-state index in [9.17, 15) is 0 Å². The Hall–Kier alpha value is -1.56. The van der Waals surface area contributed by atoms with Gasteiger partial charge in [0.2, 0.25) is 0 Å². The van der Waals surface area contributed by atoms with E-state index < -0.39 is 0 Å². The molecule has 0 radical (unpaired) electrons. The first-order valence-corrected chi connectivity index (χ1v) is 6.84. The van der Waals surface area contributed by atoms with E-state index in [1.807, 2.05) is 24.3 Å². The molecule has 0 atom stereocenters. The van der Waals surface area contributed by atoms with Crippen LogP contribution in [0, 0.1) is 0 Å². The predicted molar refractivity (Wildman–Crippen MR) is 84.7 cm³/mol. The van der Waals surface area contributed by atoms with Crippen molar-refractivity contribution in [2.24, 2.45) is 0 Å². The Balaban J connectivity index is 3.57. The van der Waals surface area contributed by atoms with E-state index in [1.165, 1.54) is 12.8 Å². The molecule has 18 heavy (non-hydrogen) atoms. The number of unbranched alkanes of at least 4 members (excludes halogenated alkanes) is 2. The molecule has 98 valence electrons. The molecule has 0 aromatic rings. The second-order valence-corrected chi connectivity index (χ2v) is 3.92. The molecular formula is C18H26. The minimum atomic E-state index is 1.09. The fourth-order valence-corrected chi connectivity index (χ4v) is 1.29. The van der Waals surface area contributed by atoms with Gasteiger partial charge in [0.25, 0.3) is 0 Å². The summed E-state index contributed by atoms with van der Waals surface area (Å²) in [6.45, 7) is 4.20. The summed E-state index contributed by atoms with van der Waals surface area (Å²) < 4.78 is 0. The van der Waals surface area contributed by atoms with Gasteiger partial charge >= 0.3 is 0 Å². The number of allylic oxidation sites excluding steroid dienone is 12. The summed E-state index contributed by atoms with van der Waals surface area (Å²) in [5, 5.41) is 0. The Morgan fingerprint density at radius 3 is 1.67 bits per heavy atom. The van der Waals surface area contributed by atoms with Crippen molar-refractivity contribution in [1.82, 2.24) is 0 Å². The van der Waals surface area contributed by atoms with Crippen LogP contribution in [-0.4, -0.2) is 0 Å². The largest absolute Gasteiger partial charge is 0.0917 e. The summed E-state index contributed by atoms with van der Waals surface area (Å²) in [6.07, 6.45) is 29.8. The van der Waals surface area contributed by atoms with Gasteiger partial charge in [0, 0.05) is 0 Å². The highest BCUT2D eigenvalue weighted by Gasteiger charge is 1.77. The van der Waals surface area contributed by atoms with Crippen LogP contribution >= 0.6 is 0 Å². The van der Waals surface area contributed by atoms with Crippen molar-refractivity contribution in [2.75, 3.05) is 0 Å². The first-order valence-electron chi connectivity index (χ1n) is 6.84. The Morgan fingerprint density at radius 1 is 0.611 bits per heavy atom. The van der Waals surface area contributed by atoms with Crippen LogP contribution in [0.25, 0.3) is 0 Å². The maximum absolute atomic E-state index is 2.22. The molecule has 0 aromatic heterocycles. The molecule has 0 heteroatoms. The second-order valence-electron chi connectivity index (χ2n) is 3.92. The van der Waals surface area contributed by atoms with Gasteiger partial charge in [-0.3, -0.25) is 0 Å². The summed E-state index contributed by atoms with van der Waals surface area (Å²) in [5.74, 6) is 0. The molecule has 0 unspecified atom stereocenters. The summed E-state index contributed by atoms with van der Waals surface area (Å²) in [5.41, 5.74) is 0. The van der Waals surface area contributed by atoms with Crippen molar-refractivity contribution in [3.8, 4) is 0 Å². The minimum absolute atomic E-state index is 1.09. The zero-order chi connectivity index (χ0) is 13.3. The van der Waals surface area contributed by atoms with Gasteiger partial charge < -0.3 is 0 Å². The number of hydrogen-bond acceptors (Lipinski definition) is 0. The van der Waals surface area contributed by atoms with Gasteiger partial charge in [-0.2, -0.15) is 0 Å². The third-order valence-corrected chi connectivity index (χ3v) is 2.26. The van der Waals surface area contributed by atoms with Crippen LogP contribution in [0.4, 0.5) is 0 Å². The van der Waals surface area contributed by atoms with E-state index in [0.717, 1.165) is 12.8 Å². The molecule has 0 aliphatic rings. The summed E-state index contributed by atoms with van der Waals surface area (Å²) in [6, 6.07) is 0. The number of rotatable bonds is 9. The monoisotopic (exact) mass is 242 g/mol. The van der Waals surface area contributed by atoms with Crippen molar-refractivity contribution in [3.63, 3.8) is 0 Å². The zero-order valence-corrected chi connectivity index (χ0v) is 11.8. The fraction of sp³-hybridized carbons (Fsp3) is 0.333. The molecule has 0 heterocycles. The average molecular weight is 242 g/mol. The van der Waals surface area contributed by atoms with Crippen LogP contribution in [0.5, 0.6) is 0 Å². The third kappa shape index (κ3) is 14.4. The van der Waals surface area contributed by atoms with Gasteiger partial charge in [-0.15, -0.1) is 0 Å². The lowest BCUT2D eigenvalue weighted by molar-refractivity contribution is 0.867. The van der Waals surface area contributed by atoms with E-state index in [-0.39, 0.29) is 0 Å². The maximum atomic E-state index is 2.22. The molecule has 0 saturated heterocycles. The number of hydrogen-bond donors (Lipinski definition) is 0. The first kappa shape index (κ1) is 16.4. The smallest absolute Gasteiger partial charge is 0.0345 e. The summed E-state index contributed by atoms with van der Waals surface area (Å²) in [4.78, 5) is 0. The lowest BCUT2D eigenvalue weighted by Crippen LogP contribution is -1.67. The average Bonchev–Trinajstić information content (AvgIpc) is 2.39. The van der Waals surface area contributed by atoms with Gasteiger partial charge in [-0.05, 0) is 32.6 Å². The first-order chi connectivity index (χ1) is 8.91. The Morgan fingerprint density at radius 2 is 1.11 bits per heavy atom. The summed E-state index contributed by atoms with van der Waals surface area (Å²) >= 11 is 0. The molecular weight excluding hydrogens is 216 g/mol. The predicted octanol–water partition coefficient (Wildman–Crippen LogP) is 5.92. The quantitative estimate of drug-likeness (QED) is 0.267. The van der Waals surface area contributed by atoms with Crippen molar-refractivity contribution in [1.29, 1.82) is 0 Å². The van der Waals surface area contributed by atoms with Gasteiger partial charge in [-0.25, -0.2) is 0 Å². The molecule has 0 amide bonds. The van der Waals surface area contributed by atoms with Gasteiger partial charge in [0.05, 0.1) is 0 Å². The highest BCUT2D eigenvalue weighted by Crippen LogP contribution is 1.97. The Kier molecular flexibility index (Phi) is 14.1. The lowest BCUT2D eigenvalue weighted by Gasteiger charge is -1.87. The second kappa shape index (κ2) is 15.4. The molecule has 0 N–H and O–H groups in total. The van der Waals surface area contributed by atoms with Crippen molar-refractivity contribution < 1.29 is 0 Å². The normalized spacial score (nSPS) is 13.7. The van der Waals surface area contributed by atoms with E-state index in [2.05, 4.69) is 62.5 Å². The standard InChI is InChI=1S/C18H26/c1-3-5-7-9-11-13-15-17-18-16-14-12-10-8-6-4-2/h3,5-6,8,10,12-18H,4,7,9,11H2,1-2H3. The topological polar surface area (TPSA) is 0 Å².